The fraction of sp³-hybridized carbons (Fsp3) is 0.741. The molecule has 3 fully saturated rings. The van der Waals surface area contributed by atoms with Gasteiger partial charge in [0.2, 0.25) is 0 Å². The third kappa shape index (κ3) is 6.65. The number of alkyl halides is 3. The summed E-state index contributed by atoms with van der Waals surface area (Å²) in [5, 5.41) is 3.70. The first kappa shape index (κ1) is 27.0. The molecule has 0 bridgehead atoms. The van der Waals surface area contributed by atoms with Crippen LogP contribution in [-0.2, 0) is 19.9 Å². The van der Waals surface area contributed by atoms with E-state index in [1.807, 2.05) is 0 Å². The minimum atomic E-state index is -4.17. The molecule has 1 aromatic rings. The molecule has 0 aromatic heterocycles. The number of carbonyl (C=O) groups is 1. The van der Waals surface area contributed by atoms with Gasteiger partial charge in [-0.3, -0.25) is 9.69 Å². The molecule has 202 valence electrons. The van der Waals surface area contributed by atoms with Crippen LogP contribution in [0, 0.1) is 5.92 Å². The summed E-state index contributed by atoms with van der Waals surface area (Å²) in [6.07, 6.45) is 1.67. The van der Waals surface area contributed by atoms with Gasteiger partial charge in [-0.2, -0.15) is 13.2 Å². The quantitative estimate of drug-likeness (QED) is 0.429. The lowest BCUT2D eigenvalue weighted by atomic mass is 9.74. The number of nitrogens with zero attached hydrogens (tertiary/aromatic N) is 2. The lowest BCUT2D eigenvalue weighted by Gasteiger charge is -2.42. The van der Waals surface area contributed by atoms with Crippen molar-refractivity contribution in [3.8, 4) is 0 Å². The molecule has 0 radical (unpaired) electrons. The predicted octanol–water partition coefficient (Wildman–Crippen LogP) is 5.32. The Morgan fingerprint density at radius 1 is 1.19 bits per heavy atom. The molecule has 1 saturated carbocycles. The highest BCUT2D eigenvalue weighted by Crippen LogP contribution is 2.46. The molecule has 0 atom stereocenters. The highest BCUT2D eigenvalue weighted by atomic mass is 19.4. The highest BCUT2D eigenvalue weighted by Gasteiger charge is 2.41. The van der Waals surface area contributed by atoms with Gasteiger partial charge in [0.15, 0.2) is 0 Å². The van der Waals surface area contributed by atoms with Crippen LogP contribution in [0.4, 0.5) is 24.5 Å². The molecule has 2 saturated heterocycles. The molecule has 36 heavy (non-hydrogen) atoms. The van der Waals surface area contributed by atoms with E-state index in [0.717, 1.165) is 68.8 Å². The van der Waals surface area contributed by atoms with Crippen LogP contribution in [-0.4, -0.2) is 69.0 Å². The van der Waals surface area contributed by atoms with Crippen LogP contribution in [0.2, 0.25) is 0 Å². The maximum Gasteiger partial charge on any atom is 0.401 e. The maximum absolute atomic E-state index is 12.9. The molecule has 0 spiro atoms. The zero-order chi connectivity index (χ0) is 25.8. The van der Waals surface area contributed by atoms with Crippen LogP contribution in [0.3, 0.4) is 0 Å². The van der Waals surface area contributed by atoms with Gasteiger partial charge in [-0.25, -0.2) is 0 Å². The Labute approximate surface area is 212 Å². The van der Waals surface area contributed by atoms with E-state index in [1.54, 1.807) is 0 Å². The van der Waals surface area contributed by atoms with Crippen molar-refractivity contribution in [2.75, 3.05) is 49.6 Å². The summed E-state index contributed by atoms with van der Waals surface area (Å²) in [5.74, 6) is 0.461. The molecule has 3 aliphatic rings. The Balaban J connectivity index is 1.60. The molecule has 0 unspecified atom stereocenters. The van der Waals surface area contributed by atoms with Gasteiger partial charge in [0, 0.05) is 44.9 Å². The van der Waals surface area contributed by atoms with Crippen molar-refractivity contribution in [1.82, 2.24) is 4.90 Å². The van der Waals surface area contributed by atoms with Crippen molar-refractivity contribution in [3.63, 3.8) is 0 Å². The summed E-state index contributed by atoms with van der Waals surface area (Å²) >= 11 is 0. The van der Waals surface area contributed by atoms with Crippen molar-refractivity contribution in [2.24, 2.45) is 5.92 Å². The molecule has 6 nitrogen and oxygen atoms in total. The van der Waals surface area contributed by atoms with Crippen LogP contribution in [0.15, 0.2) is 18.2 Å². The van der Waals surface area contributed by atoms with E-state index in [-0.39, 0.29) is 6.04 Å². The van der Waals surface area contributed by atoms with Crippen molar-refractivity contribution >= 4 is 17.8 Å². The van der Waals surface area contributed by atoms with Gasteiger partial charge in [0.1, 0.15) is 5.60 Å². The normalized spacial score (nSPS) is 21.7. The topological polar surface area (TPSA) is 54.0 Å². The summed E-state index contributed by atoms with van der Waals surface area (Å²) in [6, 6.07) is 6.80. The van der Waals surface area contributed by atoms with Crippen LogP contribution >= 0.6 is 0 Å². The molecular weight excluding hydrogens is 471 g/mol. The Morgan fingerprint density at radius 3 is 2.44 bits per heavy atom. The second-order valence-electron chi connectivity index (χ2n) is 11.0. The van der Waals surface area contributed by atoms with Crippen molar-refractivity contribution in [3.05, 3.63) is 23.8 Å². The fourth-order valence-electron chi connectivity index (χ4n) is 5.79. The average Bonchev–Trinajstić information content (AvgIpc) is 2.81. The van der Waals surface area contributed by atoms with Gasteiger partial charge < -0.3 is 19.7 Å². The van der Waals surface area contributed by atoms with E-state index >= 15 is 0 Å². The predicted molar refractivity (Wildman–Crippen MR) is 134 cm³/mol. The second kappa shape index (κ2) is 11.6. The number of piperidine rings is 1. The molecule has 1 N–H and O–H groups in total. The van der Waals surface area contributed by atoms with Crippen molar-refractivity contribution in [2.45, 2.75) is 82.7 Å². The molecule has 1 aliphatic carbocycles. The highest BCUT2D eigenvalue weighted by molar-refractivity contribution is 5.72. The van der Waals surface area contributed by atoms with Crippen LogP contribution < -0.4 is 10.2 Å². The third-order valence-electron chi connectivity index (χ3n) is 7.81. The minimum Gasteiger partial charge on any atom is -0.456 e. The molecule has 9 heteroatoms. The number of anilines is 2. The van der Waals surface area contributed by atoms with Gasteiger partial charge in [0.05, 0.1) is 17.9 Å². The maximum atomic E-state index is 12.9. The Morgan fingerprint density at radius 2 is 1.89 bits per heavy atom. The number of nitrogens with one attached hydrogen (secondary N) is 1. The van der Waals surface area contributed by atoms with E-state index in [9.17, 15) is 18.0 Å². The van der Waals surface area contributed by atoms with E-state index < -0.39 is 18.3 Å². The molecule has 1 aromatic carbocycles. The largest absolute Gasteiger partial charge is 0.456 e. The number of hydrogen-bond acceptors (Lipinski definition) is 6. The van der Waals surface area contributed by atoms with Crippen LogP contribution in [0.25, 0.3) is 0 Å². The smallest absolute Gasteiger partial charge is 0.401 e. The zero-order valence-electron chi connectivity index (χ0n) is 21.5. The van der Waals surface area contributed by atoms with Crippen molar-refractivity contribution < 1.29 is 27.4 Å². The first-order chi connectivity index (χ1) is 17.2. The first-order valence-corrected chi connectivity index (χ1v) is 13.3. The lowest BCUT2D eigenvalue weighted by molar-refractivity contribution is -0.155. The summed E-state index contributed by atoms with van der Waals surface area (Å²) in [5.41, 5.74) is 2.50. The number of rotatable bonds is 10. The average molecular weight is 512 g/mol. The molecule has 0 amide bonds. The van der Waals surface area contributed by atoms with Crippen molar-refractivity contribution in [1.29, 1.82) is 0 Å². The zero-order valence-corrected chi connectivity index (χ0v) is 21.5. The van der Waals surface area contributed by atoms with E-state index in [2.05, 4.69) is 42.3 Å². The standard InChI is InChI=1S/C27H40F3N3O3/c1-20(2)17-33(23-8-14-35-15-9-23)25-5-4-21(26(36-19-34)10-3-11-26)16-24(25)31-22-6-12-32(13-7-22)18-27(28,29)30/h4-5,16,19-20,22-23,31H,3,6-15,17-18H2,1-2H3. The second-order valence-corrected chi connectivity index (χ2v) is 11.0. The summed E-state index contributed by atoms with van der Waals surface area (Å²) < 4.78 is 49.8. The lowest BCUT2D eigenvalue weighted by Crippen LogP contribution is -2.44. The van der Waals surface area contributed by atoms with Gasteiger partial charge in [-0.05, 0) is 68.6 Å². The fourth-order valence-corrected chi connectivity index (χ4v) is 5.79. The number of likely N-dealkylation sites (tertiary alicyclic amines) is 1. The first-order valence-electron chi connectivity index (χ1n) is 13.3. The van der Waals surface area contributed by atoms with Crippen LogP contribution in [0.5, 0.6) is 0 Å². The van der Waals surface area contributed by atoms with Gasteiger partial charge >= 0.3 is 6.18 Å². The number of halogens is 3. The van der Waals surface area contributed by atoms with E-state index in [4.69, 9.17) is 9.47 Å². The number of hydrogen-bond donors (Lipinski definition) is 1. The molecule has 2 heterocycles. The Bertz CT molecular complexity index is 862. The van der Waals surface area contributed by atoms with E-state index in [0.29, 0.717) is 44.4 Å². The number of benzene rings is 1. The van der Waals surface area contributed by atoms with Gasteiger partial charge in [-0.15, -0.1) is 0 Å². The number of ether oxygens (including phenoxy) is 2. The summed E-state index contributed by atoms with van der Waals surface area (Å²) in [4.78, 5) is 15.2. The molecule has 4 rings (SSSR count). The Kier molecular flexibility index (Phi) is 8.71. The van der Waals surface area contributed by atoms with E-state index in [1.165, 1.54) is 4.90 Å². The molecule has 2 aliphatic heterocycles. The molecular formula is C27H40F3N3O3. The summed E-state index contributed by atoms with van der Waals surface area (Å²) in [7, 11) is 0. The monoisotopic (exact) mass is 511 g/mol. The third-order valence-corrected chi connectivity index (χ3v) is 7.81. The van der Waals surface area contributed by atoms with Gasteiger partial charge in [-0.1, -0.05) is 19.9 Å². The number of carbonyl (C=O) groups excluding carboxylic acids is 1. The minimum absolute atomic E-state index is 0.0865. The van der Waals surface area contributed by atoms with Crippen LogP contribution in [0.1, 0.15) is 64.4 Å². The van der Waals surface area contributed by atoms with Gasteiger partial charge in [0.25, 0.3) is 6.47 Å². The summed E-state index contributed by atoms with van der Waals surface area (Å²) in [6.45, 7) is 7.35. The SMILES string of the molecule is CC(C)CN(c1ccc(C2(OC=O)CCC2)cc1NC1CCN(CC(F)(F)F)CC1)C1CCOCC1. The Hall–Kier alpha value is -2.00.